The van der Waals surface area contributed by atoms with Crippen LogP contribution in [0.25, 0.3) is 6.08 Å². The van der Waals surface area contributed by atoms with Crippen LogP contribution in [0.5, 0.6) is 17.2 Å². The first kappa shape index (κ1) is 39.4. The number of hydrogen-bond donors (Lipinski definition) is 8. The summed E-state index contributed by atoms with van der Waals surface area (Å²) in [5.41, 5.74) is 0.594. The highest BCUT2D eigenvalue weighted by atomic mass is 16.8. The molecular formula is C43H45N3O12. The Morgan fingerprint density at radius 1 is 0.966 bits per heavy atom. The van der Waals surface area contributed by atoms with Crippen LogP contribution in [-0.4, -0.2) is 114 Å². The van der Waals surface area contributed by atoms with Crippen LogP contribution in [0.1, 0.15) is 60.3 Å². The standard InChI is InChI=1S/C43H45N3O12/c47-22-34-37(51)38(52)39(53)43(56,58-34)57-33-20-30-28(19-32(33)49)36-29(41(14-5-2-6-15-41)26-7-3-1-4-8-26)13-16-42(36,40(54)55)46(30)35(50)12-10-24-9-11-31(48)25(17-24)18-27-21-44-23-45-27/h1,3-4,7-13,16-17,19-21,29,34,36-39,47-49,51-53,56H,2,5-6,14-15,18,22-23H2,(H,54,55)/b12-10+/t29-,34-,36+,37-,38+,39-,42-,43+/m1/s1. The van der Waals surface area contributed by atoms with Gasteiger partial charge in [-0.3, -0.25) is 19.7 Å². The number of aromatic hydroxyl groups is 2. The monoisotopic (exact) mass is 795 g/mol. The molecule has 2 aliphatic carbocycles. The highest BCUT2D eigenvalue weighted by Crippen LogP contribution is 2.64. The molecule has 3 aliphatic heterocycles. The van der Waals surface area contributed by atoms with E-state index >= 15 is 0 Å². The lowest BCUT2D eigenvalue weighted by Crippen LogP contribution is -2.67. The summed E-state index contributed by atoms with van der Waals surface area (Å²) in [6.07, 6.45) is 4.62. The second-order valence-electron chi connectivity index (χ2n) is 15.6. The summed E-state index contributed by atoms with van der Waals surface area (Å²) in [6, 6.07) is 17.1. The van der Waals surface area contributed by atoms with E-state index in [4.69, 9.17) is 9.47 Å². The van der Waals surface area contributed by atoms with Crippen LogP contribution in [0.2, 0.25) is 0 Å². The van der Waals surface area contributed by atoms with Crippen molar-refractivity contribution < 1.29 is 59.9 Å². The lowest BCUT2D eigenvalue weighted by molar-refractivity contribution is -0.422. The molecule has 0 aromatic heterocycles. The van der Waals surface area contributed by atoms with Crippen LogP contribution in [0.4, 0.5) is 5.69 Å². The summed E-state index contributed by atoms with van der Waals surface area (Å²) in [5, 5.41) is 86.0. The largest absolute Gasteiger partial charge is 0.508 e. The minimum atomic E-state index is -3.11. The third kappa shape index (κ3) is 6.38. The van der Waals surface area contributed by atoms with Gasteiger partial charge in [-0.2, -0.15) is 0 Å². The quantitative estimate of drug-likeness (QED) is 0.0840. The lowest BCUT2D eigenvalue weighted by Gasteiger charge is -2.46. The summed E-state index contributed by atoms with van der Waals surface area (Å²) in [5.74, 6) is -7.70. The molecule has 0 spiro atoms. The molecule has 8 N–H and O–H groups in total. The van der Waals surface area contributed by atoms with Crippen molar-refractivity contribution in [3.63, 3.8) is 0 Å². The summed E-state index contributed by atoms with van der Waals surface area (Å²) in [7, 11) is 0. The molecule has 5 aliphatic rings. The van der Waals surface area contributed by atoms with E-state index in [9.17, 15) is 50.4 Å². The second-order valence-corrected chi connectivity index (χ2v) is 15.6. The molecule has 58 heavy (non-hydrogen) atoms. The maximum absolute atomic E-state index is 14.7. The van der Waals surface area contributed by atoms with Crippen molar-refractivity contribution >= 4 is 35.6 Å². The highest BCUT2D eigenvalue weighted by molar-refractivity contribution is 6.32. The van der Waals surface area contributed by atoms with Gasteiger partial charge in [0.05, 0.1) is 18.0 Å². The molecule has 1 saturated carbocycles. The molecule has 8 rings (SSSR count). The molecule has 304 valence electrons. The van der Waals surface area contributed by atoms with E-state index < -0.39 is 83.2 Å². The summed E-state index contributed by atoms with van der Waals surface area (Å²) in [6.45, 7) is -0.575. The second kappa shape index (κ2) is 15.1. The number of fused-ring (bicyclic) bond motifs is 3. The lowest BCUT2D eigenvalue weighted by atomic mass is 9.57. The Bertz CT molecular complexity index is 2220. The van der Waals surface area contributed by atoms with E-state index in [1.54, 1.807) is 24.4 Å². The molecular weight excluding hydrogens is 750 g/mol. The number of amides is 1. The number of carbonyl (C=O) groups is 2. The van der Waals surface area contributed by atoms with Gasteiger partial charge in [0, 0.05) is 41.7 Å². The third-order valence-electron chi connectivity index (χ3n) is 12.4. The average molecular weight is 796 g/mol. The van der Waals surface area contributed by atoms with Gasteiger partial charge in [0.2, 0.25) is 0 Å². The topological polar surface area (TPSA) is 242 Å². The first-order valence-corrected chi connectivity index (χ1v) is 19.3. The van der Waals surface area contributed by atoms with Crippen LogP contribution < -0.4 is 9.64 Å². The van der Waals surface area contributed by atoms with Gasteiger partial charge in [0.25, 0.3) is 5.91 Å². The van der Waals surface area contributed by atoms with Crippen LogP contribution in [-0.2, 0) is 26.2 Å². The fourth-order valence-electron chi connectivity index (χ4n) is 9.63. The number of phenols is 2. The predicted octanol–water partition coefficient (Wildman–Crippen LogP) is 2.68. The van der Waals surface area contributed by atoms with Gasteiger partial charge in [-0.05, 0) is 59.7 Å². The number of benzene rings is 3. The molecule has 3 aromatic carbocycles. The van der Waals surface area contributed by atoms with Crippen molar-refractivity contribution in [3.05, 3.63) is 101 Å². The number of aliphatic hydroxyl groups excluding tert-OH is 4. The zero-order valence-corrected chi connectivity index (χ0v) is 31.3. The Balaban J connectivity index is 1.24. The Kier molecular flexibility index (Phi) is 10.2. The molecule has 15 heteroatoms. The number of aliphatic hydroxyl groups is 5. The minimum absolute atomic E-state index is 0.0261. The maximum atomic E-state index is 14.7. The van der Waals surface area contributed by atoms with Gasteiger partial charge in [-0.25, -0.2) is 4.79 Å². The number of anilines is 1. The van der Waals surface area contributed by atoms with Crippen LogP contribution in [0.3, 0.4) is 0 Å². The number of phenolic OH excluding ortho intramolecular Hbond substituents is 2. The number of allylic oxidation sites excluding steroid dienone is 1. The van der Waals surface area contributed by atoms with Crippen molar-refractivity contribution in [1.82, 2.24) is 0 Å². The van der Waals surface area contributed by atoms with Crippen LogP contribution in [0, 0.1) is 5.92 Å². The molecule has 3 aromatic rings. The number of nitrogens with zero attached hydrogens (tertiary/aromatic N) is 3. The van der Waals surface area contributed by atoms with Crippen molar-refractivity contribution in [2.24, 2.45) is 15.9 Å². The maximum Gasteiger partial charge on any atom is 0.355 e. The van der Waals surface area contributed by atoms with Gasteiger partial charge < -0.3 is 50.3 Å². The van der Waals surface area contributed by atoms with E-state index in [1.165, 1.54) is 30.4 Å². The first-order valence-electron chi connectivity index (χ1n) is 19.3. The fraction of sp³-hybridized carbons (Fsp3) is 0.395. The number of ether oxygens (including phenoxy) is 2. The molecule has 1 saturated heterocycles. The fourth-order valence-corrected chi connectivity index (χ4v) is 9.63. The third-order valence-corrected chi connectivity index (χ3v) is 12.4. The molecule has 8 atom stereocenters. The van der Waals surface area contributed by atoms with Crippen molar-refractivity contribution in [2.45, 2.75) is 85.8 Å². The molecule has 1 amide bonds. The van der Waals surface area contributed by atoms with E-state index in [2.05, 4.69) is 9.98 Å². The molecule has 2 fully saturated rings. The predicted molar refractivity (Wildman–Crippen MR) is 210 cm³/mol. The number of carboxylic acid groups (broad SMARTS) is 1. The number of hydrogen-bond acceptors (Lipinski definition) is 13. The van der Waals surface area contributed by atoms with E-state index in [-0.39, 0.29) is 11.4 Å². The Morgan fingerprint density at radius 2 is 1.72 bits per heavy atom. The molecule has 3 heterocycles. The Morgan fingerprint density at radius 3 is 2.41 bits per heavy atom. The highest BCUT2D eigenvalue weighted by Gasteiger charge is 2.66. The molecule has 0 unspecified atom stereocenters. The van der Waals surface area contributed by atoms with E-state index in [1.807, 2.05) is 36.4 Å². The number of aliphatic imine (C=N–C) groups is 2. The molecule has 0 bridgehead atoms. The minimum Gasteiger partial charge on any atom is -0.508 e. The Labute approximate surface area is 333 Å². The smallest absolute Gasteiger partial charge is 0.355 e. The average Bonchev–Trinajstić information content (AvgIpc) is 3.95. The normalized spacial score (nSPS) is 31.0. The van der Waals surface area contributed by atoms with E-state index in [0.29, 0.717) is 35.5 Å². The van der Waals surface area contributed by atoms with Crippen molar-refractivity contribution in [1.29, 1.82) is 0 Å². The summed E-state index contributed by atoms with van der Waals surface area (Å²) in [4.78, 5) is 38.1. The van der Waals surface area contributed by atoms with Crippen LogP contribution in [0.15, 0.2) is 88.9 Å². The number of aliphatic carboxylic acids is 1. The van der Waals surface area contributed by atoms with Crippen molar-refractivity contribution in [2.75, 3.05) is 18.2 Å². The number of carboxylic acids is 1. The zero-order valence-electron chi connectivity index (χ0n) is 31.3. The molecule has 15 nitrogen and oxygen atoms in total. The first-order chi connectivity index (χ1) is 27.8. The van der Waals surface area contributed by atoms with Gasteiger partial charge in [0.15, 0.2) is 23.1 Å². The van der Waals surface area contributed by atoms with Crippen LogP contribution >= 0.6 is 0 Å². The Hall–Kier alpha value is -5.42. The molecule has 0 radical (unpaired) electrons. The summed E-state index contributed by atoms with van der Waals surface area (Å²) >= 11 is 0. The summed E-state index contributed by atoms with van der Waals surface area (Å²) < 4.78 is 10.9. The van der Waals surface area contributed by atoms with E-state index in [0.717, 1.165) is 42.6 Å². The van der Waals surface area contributed by atoms with Gasteiger partial charge in [-0.1, -0.05) is 67.8 Å². The van der Waals surface area contributed by atoms with Gasteiger partial charge in [0.1, 0.15) is 30.7 Å². The van der Waals surface area contributed by atoms with Gasteiger partial charge in [-0.15, -0.1) is 0 Å². The number of carbonyl (C=O) groups excluding carboxylic acids is 1. The van der Waals surface area contributed by atoms with Crippen molar-refractivity contribution in [3.8, 4) is 17.2 Å². The SMILES string of the molecule is O=C(/C=C/c1ccc(O)c(CC2=NCN=C2)c1)N1c2cc(O[C@]3(O)O[C@H](CO)[C@@H](O)[C@H](O)[C@H]3O)c(O)cc2[C@H]2[C@H](C3(c4ccccc4)CCCCC3)C=C[C@]21C(=O)O. The van der Waals surface area contributed by atoms with Gasteiger partial charge >= 0.3 is 11.9 Å². The number of rotatable bonds is 10. The zero-order chi connectivity index (χ0) is 41.0.